The number of aryl methyl sites for hydroxylation is 1. The minimum atomic E-state index is -3.89. The smallest absolute Gasteiger partial charge is 0.265 e. The van der Waals surface area contributed by atoms with Gasteiger partial charge in [0.05, 0.1) is 24.8 Å². The number of para-hydroxylation sites is 1. The number of nitrogens with one attached hydrogen (secondary N) is 2. The number of anilines is 2. The van der Waals surface area contributed by atoms with E-state index in [1.165, 1.54) is 38.5 Å². The number of amides is 1. The zero-order chi connectivity index (χ0) is 24.7. The van der Waals surface area contributed by atoms with Crippen molar-refractivity contribution in [1.29, 1.82) is 0 Å². The Bertz CT molecular complexity index is 1240. The molecule has 0 aliphatic carbocycles. The quantitative estimate of drug-likeness (QED) is 0.436. The maximum absolute atomic E-state index is 12.8. The van der Waals surface area contributed by atoms with Crippen LogP contribution < -0.4 is 24.2 Å². The van der Waals surface area contributed by atoms with Gasteiger partial charge in [-0.2, -0.15) is 0 Å². The predicted molar refractivity (Wildman–Crippen MR) is 131 cm³/mol. The lowest BCUT2D eigenvalue weighted by Gasteiger charge is -2.18. The van der Waals surface area contributed by atoms with Gasteiger partial charge < -0.3 is 19.5 Å². The van der Waals surface area contributed by atoms with Crippen molar-refractivity contribution in [1.82, 2.24) is 0 Å². The Morgan fingerprint density at radius 3 is 2.26 bits per heavy atom. The van der Waals surface area contributed by atoms with Crippen molar-refractivity contribution in [3.8, 4) is 17.2 Å². The number of carbonyl (C=O) groups excluding carboxylic acids is 1. The van der Waals surface area contributed by atoms with Crippen LogP contribution >= 0.6 is 0 Å². The lowest BCUT2D eigenvalue weighted by Crippen LogP contribution is -2.32. The molecule has 0 aliphatic heterocycles. The van der Waals surface area contributed by atoms with Crippen LogP contribution in [0.15, 0.2) is 71.6 Å². The van der Waals surface area contributed by atoms with Crippen molar-refractivity contribution in [2.75, 3.05) is 24.3 Å². The average molecular weight is 485 g/mol. The summed E-state index contributed by atoms with van der Waals surface area (Å²) in [7, 11) is -0.934. The lowest BCUT2D eigenvalue weighted by atomic mass is 10.2. The van der Waals surface area contributed by atoms with E-state index in [0.717, 1.165) is 5.56 Å². The summed E-state index contributed by atoms with van der Waals surface area (Å²) in [4.78, 5) is 12.7. The SMILES string of the molecule is CCC(Oc1ccccc1C)C(=O)Nc1ccc(S(=O)(=O)Nc2ccc(OC)cc2OC)cc1. The van der Waals surface area contributed by atoms with E-state index in [1.807, 2.05) is 38.1 Å². The molecule has 0 heterocycles. The second kappa shape index (κ2) is 10.9. The highest BCUT2D eigenvalue weighted by Gasteiger charge is 2.21. The van der Waals surface area contributed by atoms with E-state index in [1.54, 1.807) is 18.2 Å². The summed E-state index contributed by atoms with van der Waals surface area (Å²) in [5, 5.41) is 2.78. The molecule has 3 rings (SSSR count). The second-order valence-corrected chi connectivity index (χ2v) is 9.15. The Balaban J connectivity index is 1.70. The van der Waals surface area contributed by atoms with Crippen LogP contribution in [0.4, 0.5) is 11.4 Å². The normalized spacial score (nSPS) is 11.9. The number of hydrogen-bond acceptors (Lipinski definition) is 6. The predicted octanol–water partition coefficient (Wildman–Crippen LogP) is 4.61. The van der Waals surface area contributed by atoms with E-state index in [4.69, 9.17) is 14.2 Å². The standard InChI is InChI=1S/C25H28N2O6S/c1-5-22(33-23-9-7-6-8-17(23)2)25(28)26-18-10-13-20(14-11-18)34(29,30)27-21-15-12-19(31-3)16-24(21)32-4/h6-16,22,27H,5H2,1-4H3,(H,26,28). The molecule has 8 nitrogen and oxygen atoms in total. The Hall–Kier alpha value is -3.72. The molecule has 0 fully saturated rings. The van der Waals surface area contributed by atoms with Crippen molar-refractivity contribution in [2.45, 2.75) is 31.3 Å². The van der Waals surface area contributed by atoms with Crippen LogP contribution in [0.25, 0.3) is 0 Å². The van der Waals surface area contributed by atoms with Crippen LogP contribution in [0.1, 0.15) is 18.9 Å². The highest BCUT2D eigenvalue weighted by molar-refractivity contribution is 7.92. The number of benzene rings is 3. The van der Waals surface area contributed by atoms with Gasteiger partial charge in [-0.3, -0.25) is 9.52 Å². The van der Waals surface area contributed by atoms with Gasteiger partial charge in [0.2, 0.25) is 0 Å². The van der Waals surface area contributed by atoms with Gasteiger partial charge in [-0.15, -0.1) is 0 Å². The molecular formula is C25H28N2O6S. The number of carbonyl (C=O) groups is 1. The fourth-order valence-electron chi connectivity index (χ4n) is 3.19. The summed E-state index contributed by atoms with van der Waals surface area (Å²) in [6.45, 7) is 3.77. The Kier molecular flexibility index (Phi) is 8.01. The van der Waals surface area contributed by atoms with Crippen LogP contribution in [0, 0.1) is 6.92 Å². The second-order valence-electron chi connectivity index (χ2n) is 7.47. The summed E-state index contributed by atoms with van der Waals surface area (Å²) < 4.78 is 44.4. The van der Waals surface area contributed by atoms with Crippen LogP contribution in [0.5, 0.6) is 17.2 Å². The fraction of sp³-hybridized carbons (Fsp3) is 0.240. The summed E-state index contributed by atoms with van der Waals surface area (Å²) in [6.07, 6.45) is -0.214. The highest BCUT2D eigenvalue weighted by Crippen LogP contribution is 2.31. The van der Waals surface area contributed by atoms with Crippen LogP contribution in [-0.4, -0.2) is 34.6 Å². The monoisotopic (exact) mass is 484 g/mol. The summed E-state index contributed by atoms with van der Waals surface area (Å²) in [5.41, 5.74) is 1.67. The summed E-state index contributed by atoms with van der Waals surface area (Å²) in [6, 6.07) is 18.1. The molecular weight excluding hydrogens is 456 g/mol. The number of ether oxygens (including phenoxy) is 3. The Morgan fingerprint density at radius 2 is 1.65 bits per heavy atom. The largest absolute Gasteiger partial charge is 0.497 e. The number of rotatable bonds is 10. The van der Waals surface area contributed by atoms with Crippen molar-refractivity contribution in [3.63, 3.8) is 0 Å². The molecule has 3 aromatic carbocycles. The van der Waals surface area contributed by atoms with E-state index in [-0.39, 0.29) is 16.5 Å². The molecule has 0 aliphatic rings. The number of hydrogen-bond donors (Lipinski definition) is 2. The van der Waals surface area contributed by atoms with Gasteiger partial charge in [0.15, 0.2) is 6.10 Å². The third-order valence-corrected chi connectivity index (χ3v) is 6.49. The van der Waals surface area contributed by atoms with Gasteiger partial charge in [-0.25, -0.2) is 8.42 Å². The first-order valence-electron chi connectivity index (χ1n) is 10.7. The Morgan fingerprint density at radius 1 is 0.941 bits per heavy atom. The van der Waals surface area contributed by atoms with Gasteiger partial charge in [0, 0.05) is 11.8 Å². The summed E-state index contributed by atoms with van der Waals surface area (Å²) >= 11 is 0. The molecule has 34 heavy (non-hydrogen) atoms. The van der Waals surface area contributed by atoms with Gasteiger partial charge in [-0.05, 0) is 61.4 Å². The fourth-order valence-corrected chi connectivity index (χ4v) is 4.26. The van der Waals surface area contributed by atoms with Crippen LogP contribution in [0.3, 0.4) is 0 Å². The van der Waals surface area contributed by atoms with Crippen molar-refractivity contribution in [2.24, 2.45) is 0 Å². The first kappa shape index (κ1) is 24.9. The van der Waals surface area contributed by atoms with Crippen molar-refractivity contribution < 1.29 is 27.4 Å². The number of methoxy groups -OCH3 is 2. The molecule has 1 atom stereocenters. The third kappa shape index (κ3) is 5.99. The lowest BCUT2D eigenvalue weighted by molar-refractivity contribution is -0.122. The minimum absolute atomic E-state index is 0.0339. The zero-order valence-corrected chi connectivity index (χ0v) is 20.3. The molecule has 180 valence electrons. The maximum Gasteiger partial charge on any atom is 0.265 e. The van der Waals surface area contributed by atoms with E-state index in [2.05, 4.69) is 10.0 Å². The first-order chi connectivity index (χ1) is 16.3. The topological polar surface area (TPSA) is 103 Å². The summed E-state index contributed by atoms with van der Waals surface area (Å²) in [5.74, 6) is 1.19. The van der Waals surface area contributed by atoms with Crippen LogP contribution in [-0.2, 0) is 14.8 Å². The number of sulfonamides is 1. The van der Waals surface area contributed by atoms with Crippen molar-refractivity contribution >= 4 is 27.3 Å². The first-order valence-corrected chi connectivity index (χ1v) is 12.1. The maximum atomic E-state index is 12.8. The van der Waals surface area contributed by atoms with Crippen molar-refractivity contribution in [3.05, 3.63) is 72.3 Å². The molecule has 0 aromatic heterocycles. The zero-order valence-electron chi connectivity index (χ0n) is 19.5. The van der Waals surface area contributed by atoms with E-state index in [0.29, 0.717) is 29.4 Å². The van der Waals surface area contributed by atoms with Gasteiger partial charge in [-0.1, -0.05) is 25.1 Å². The van der Waals surface area contributed by atoms with Gasteiger partial charge in [0.1, 0.15) is 17.2 Å². The molecule has 0 saturated carbocycles. The van der Waals surface area contributed by atoms with E-state index in [9.17, 15) is 13.2 Å². The molecule has 0 spiro atoms. The van der Waals surface area contributed by atoms with Gasteiger partial charge >= 0.3 is 0 Å². The van der Waals surface area contributed by atoms with E-state index >= 15 is 0 Å². The Labute approximate surface area is 199 Å². The molecule has 1 amide bonds. The molecule has 3 aromatic rings. The third-order valence-electron chi connectivity index (χ3n) is 5.11. The molecule has 0 bridgehead atoms. The molecule has 9 heteroatoms. The minimum Gasteiger partial charge on any atom is -0.497 e. The highest BCUT2D eigenvalue weighted by atomic mass is 32.2. The van der Waals surface area contributed by atoms with Crippen LogP contribution in [0.2, 0.25) is 0 Å². The molecule has 2 N–H and O–H groups in total. The molecule has 0 saturated heterocycles. The average Bonchev–Trinajstić information content (AvgIpc) is 2.83. The van der Waals surface area contributed by atoms with Gasteiger partial charge in [0.25, 0.3) is 15.9 Å². The molecule has 0 radical (unpaired) electrons. The molecule has 1 unspecified atom stereocenters. The van der Waals surface area contributed by atoms with E-state index < -0.39 is 16.1 Å².